The lowest BCUT2D eigenvalue weighted by Crippen LogP contribution is -2.40. The van der Waals surface area contributed by atoms with Crippen LogP contribution >= 0.6 is 38.2 Å². The Labute approximate surface area is 140 Å². The number of hydrogen-bond donors (Lipinski definition) is 1. The number of rotatable bonds is 3. The minimum Gasteiger partial charge on any atom is -0.379 e. The predicted molar refractivity (Wildman–Crippen MR) is 83.5 cm³/mol. The Morgan fingerprint density at radius 1 is 1.43 bits per heavy atom. The van der Waals surface area contributed by atoms with Crippen LogP contribution in [-0.4, -0.2) is 33.6 Å². The Bertz CT molecular complexity index is 659. The summed E-state index contributed by atoms with van der Waals surface area (Å²) in [6, 6.07) is 2.30. The summed E-state index contributed by atoms with van der Waals surface area (Å²) in [5, 5.41) is 2.91. The largest absolute Gasteiger partial charge is 0.379 e. The van der Waals surface area contributed by atoms with Crippen molar-refractivity contribution in [3.63, 3.8) is 0 Å². The summed E-state index contributed by atoms with van der Waals surface area (Å²) in [7, 11) is 1.36. The van der Waals surface area contributed by atoms with Gasteiger partial charge in [-0.3, -0.25) is 4.79 Å². The lowest BCUT2D eigenvalue weighted by molar-refractivity contribution is 0.0624. The van der Waals surface area contributed by atoms with Crippen molar-refractivity contribution in [2.75, 3.05) is 13.2 Å². The number of hydrogen-bond acceptors (Lipinski definition) is 4. The van der Waals surface area contributed by atoms with Gasteiger partial charge in [0.25, 0.3) is 15.0 Å². The van der Waals surface area contributed by atoms with Gasteiger partial charge in [0.05, 0.1) is 28.1 Å². The van der Waals surface area contributed by atoms with Crippen LogP contribution in [0.25, 0.3) is 0 Å². The van der Waals surface area contributed by atoms with Crippen LogP contribution in [0.2, 0.25) is 5.02 Å². The molecule has 1 aliphatic rings. The Morgan fingerprint density at radius 3 is 2.71 bits per heavy atom. The Morgan fingerprint density at radius 2 is 2.14 bits per heavy atom. The lowest BCUT2D eigenvalue weighted by Gasteiger charge is -2.23. The second-order valence-corrected chi connectivity index (χ2v) is 8.39. The van der Waals surface area contributed by atoms with Gasteiger partial charge in [-0.1, -0.05) is 11.6 Å². The molecule has 0 saturated carbocycles. The zero-order valence-corrected chi connectivity index (χ0v) is 14.6. The molecule has 1 heterocycles. The first-order valence-electron chi connectivity index (χ1n) is 6.11. The minimum absolute atomic E-state index is 0.0517. The number of amides is 1. The molecule has 1 saturated heterocycles. The lowest BCUT2D eigenvalue weighted by atomic mass is 10.1. The van der Waals surface area contributed by atoms with Crippen molar-refractivity contribution < 1.29 is 17.9 Å². The molecule has 9 heteroatoms. The number of benzene rings is 1. The Kier molecular flexibility index (Phi) is 5.54. The van der Waals surface area contributed by atoms with Gasteiger partial charge in [0.2, 0.25) is 0 Å². The van der Waals surface area contributed by atoms with Gasteiger partial charge < -0.3 is 10.1 Å². The Balaban J connectivity index is 2.29. The quantitative estimate of drug-likeness (QED) is 0.768. The van der Waals surface area contributed by atoms with Crippen LogP contribution in [0.15, 0.2) is 21.5 Å². The summed E-state index contributed by atoms with van der Waals surface area (Å²) in [5.74, 6) is -0.460. The van der Waals surface area contributed by atoms with Crippen LogP contribution in [0.4, 0.5) is 0 Å². The minimum atomic E-state index is -3.95. The van der Waals surface area contributed by atoms with Crippen molar-refractivity contribution in [3.8, 4) is 0 Å². The molecule has 0 radical (unpaired) electrons. The summed E-state index contributed by atoms with van der Waals surface area (Å²) in [6.07, 6.45) is 1.66. The maximum atomic E-state index is 12.3. The van der Waals surface area contributed by atoms with Crippen LogP contribution in [0.1, 0.15) is 23.2 Å². The molecule has 1 fully saturated rings. The van der Waals surface area contributed by atoms with Gasteiger partial charge in [0.1, 0.15) is 0 Å². The molecule has 0 spiro atoms. The van der Waals surface area contributed by atoms with E-state index in [1.807, 2.05) is 0 Å². The molecule has 0 aromatic heterocycles. The third kappa shape index (κ3) is 4.32. The molecule has 2 rings (SSSR count). The Hall–Kier alpha value is -0.340. The summed E-state index contributed by atoms with van der Waals surface area (Å²) < 4.78 is 28.4. The molecule has 0 aliphatic carbocycles. The maximum absolute atomic E-state index is 12.3. The smallest absolute Gasteiger partial charge is 0.261 e. The third-order valence-corrected chi connectivity index (χ3v) is 5.62. The molecule has 1 atom stereocenters. The fourth-order valence-corrected chi connectivity index (χ4v) is 3.58. The molecular formula is C12H12BrCl2NO4S. The average molecular weight is 417 g/mol. The van der Waals surface area contributed by atoms with E-state index in [0.29, 0.717) is 13.2 Å². The number of carbonyl (C=O) groups excluding carboxylic acids is 1. The van der Waals surface area contributed by atoms with Crippen molar-refractivity contribution in [2.45, 2.75) is 23.8 Å². The van der Waals surface area contributed by atoms with Gasteiger partial charge in [0, 0.05) is 21.8 Å². The van der Waals surface area contributed by atoms with E-state index in [4.69, 9.17) is 27.0 Å². The number of carbonyl (C=O) groups is 1. The molecule has 1 aliphatic heterocycles. The number of ether oxygens (including phenoxy) is 1. The normalized spacial score (nSPS) is 19.3. The van der Waals surface area contributed by atoms with E-state index in [1.165, 1.54) is 6.07 Å². The molecule has 1 amide bonds. The molecule has 1 aromatic carbocycles. The van der Waals surface area contributed by atoms with Gasteiger partial charge in [-0.25, -0.2) is 8.42 Å². The van der Waals surface area contributed by atoms with Crippen molar-refractivity contribution in [2.24, 2.45) is 0 Å². The highest BCUT2D eigenvalue weighted by Crippen LogP contribution is 2.31. The molecule has 1 aromatic rings. The van der Waals surface area contributed by atoms with E-state index >= 15 is 0 Å². The average Bonchev–Trinajstić information content (AvgIpc) is 2.41. The highest BCUT2D eigenvalue weighted by molar-refractivity contribution is 9.10. The summed E-state index contributed by atoms with van der Waals surface area (Å²) in [5.41, 5.74) is 0.0517. The van der Waals surface area contributed by atoms with Crippen LogP contribution in [0, 0.1) is 0 Å². The van der Waals surface area contributed by atoms with E-state index in [0.717, 1.165) is 18.9 Å². The van der Waals surface area contributed by atoms with Crippen molar-refractivity contribution >= 4 is 53.2 Å². The first kappa shape index (κ1) is 17.0. The number of nitrogens with one attached hydrogen (secondary N) is 1. The number of halogens is 3. The molecule has 21 heavy (non-hydrogen) atoms. The molecular weight excluding hydrogens is 405 g/mol. The van der Waals surface area contributed by atoms with Gasteiger partial charge in [-0.15, -0.1) is 0 Å². The SMILES string of the molecule is O=C(NC1CCCOC1)c1cc(S(=O)(=O)Cl)cc(Br)c1Cl. The highest BCUT2D eigenvalue weighted by Gasteiger charge is 2.22. The fraction of sp³-hybridized carbons (Fsp3) is 0.417. The topological polar surface area (TPSA) is 72.5 Å². The fourth-order valence-electron chi connectivity index (χ4n) is 1.99. The maximum Gasteiger partial charge on any atom is 0.261 e. The van der Waals surface area contributed by atoms with E-state index in [1.54, 1.807) is 0 Å². The molecule has 0 bridgehead atoms. The predicted octanol–water partition coefficient (Wildman–Crippen LogP) is 2.94. The van der Waals surface area contributed by atoms with E-state index in [-0.39, 0.29) is 26.0 Å². The zero-order chi connectivity index (χ0) is 15.6. The van der Waals surface area contributed by atoms with Crippen LogP contribution < -0.4 is 5.32 Å². The standard InChI is InChI=1S/C12H12BrCl2NO4S/c13-10-5-8(21(15,18)19)4-9(11(10)14)12(17)16-7-2-1-3-20-6-7/h4-5,7H,1-3,6H2,(H,16,17). The van der Waals surface area contributed by atoms with Crippen molar-refractivity contribution in [1.29, 1.82) is 0 Å². The van der Waals surface area contributed by atoms with Gasteiger partial charge in [-0.05, 0) is 40.9 Å². The molecule has 1 unspecified atom stereocenters. The zero-order valence-electron chi connectivity index (χ0n) is 10.7. The van der Waals surface area contributed by atoms with Crippen molar-refractivity contribution in [1.82, 2.24) is 5.32 Å². The van der Waals surface area contributed by atoms with E-state index < -0.39 is 15.0 Å². The summed E-state index contributed by atoms with van der Waals surface area (Å²) >= 11 is 9.17. The van der Waals surface area contributed by atoms with Gasteiger partial charge in [-0.2, -0.15) is 0 Å². The molecule has 1 N–H and O–H groups in total. The second-order valence-electron chi connectivity index (χ2n) is 4.59. The summed E-state index contributed by atoms with van der Waals surface area (Å²) in [6.45, 7) is 1.11. The van der Waals surface area contributed by atoms with Gasteiger partial charge >= 0.3 is 0 Å². The second kappa shape index (κ2) is 6.83. The van der Waals surface area contributed by atoms with Crippen LogP contribution in [0.5, 0.6) is 0 Å². The molecule has 116 valence electrons. The summed E-state index contributed by atoms with van der Waals surface area (Å²) in [4.78, 5) is 12.1. The first-order valence-corrected chi connectivity index (χ1v) is 9.59. The van der Waals surface area contributed by atoms with Crippen molar-refractivity contribution in [3.05, 3.63) is 27.2 Å². The van der Waals surface area contributed by atoms with Crippen LogP contribution in [0.3, 0.4) is 0 Å². The van der Waals surface area contributed by atoms with Crippen LogP contribution in [-0.2, 0) is 13.8 Å². The third-order valence-electron chi connectivity index (χ3n) is 3.02. The monoisotopic (exact) mass is 415 g/mol. The highest BCUT2D eigenvalue weighted by atomic mass is 79.9. The molecule has 5 nitrogen and oxygen atoms in total. The van der Waals surface area contributed by atoms with E-state index in [9.17, 15) is 13.2 Å². The van der Waals surface area contributed by atoms with Gasteiger partial charge in [0.15, 0.2) is 0 Å². The van der Waals surface area contributed by atoms with E-state index in [2.05, 4.69) is 21.2 Å². The first-order chi connectivity index (χ1) is 9.79.